The molecule has 0 aromatic heterocycles. The molecule has 0 aliphatic heterocycles. The van der Waals surface area contributed by atoms with Gasteiger partial charge in [0.1, 0.15) is 0 Å². The van der Waals surface area contributed by atoms with E-state index in [0.717, 1.165) is 0 Å². The molecule has 0 saturated heterocycles. The summed E-state index contributed by atoms with van der Waals surface area (Å²) < 4.78 is 7.12. The van der Waals surface area contributed by atoms with Crippen LogP contribution in [0.5, 0.6) is 0 Å². The molecule has 196 valence electrons. The van der Waals surface area contributed by atoms with Crippen molar-refractivity contribution >= 4 is 54.5 Å². The quantitative estimate of drug-likeness (QED) is 0.274. The maximum Gasteiger partial charge on any atom is 0.173 e. The van der Waals surface area contributed by atoms with Crippen molar-refractivity contribution in [3.63, 3.8) is 0 Å². The lowest BCUT2D eigenvalue weighted by Gasteiger charge is -2.37. The normalized spacial score (nSPS) is 13.1. The van der Waals surface area contributed by atoms with Crippen molar-refractivity contribution in [2.45, 2.75) is 76.6 Å². The predicted molar refractivity (Wildman–Crippen MR) is 171 cm³/mol. The van der Waals surface area contributed by atoms with Crippen LogP contribution >= 0.6 is 0 Å². The van der Waals surface area contributed by atoms with Crippen LogP contribution in [0.2, 0.25) is 76.6 Å². The van der Waals surface area contributed by atoms with Gasteiger partial charge >= 0.3 is 0 Å². The highest BCUT2D eigenvalue weighted by Gasteiger charge is 2.37. The van der Waals surface area contributed by atoms with Crippen LogP contribution in [0.25, 0.3) is 0 Å². The molecule has 7 heteroatoms. The third-order valence-corrected chi connectivity index (χ3v) is 22.6. The number of anilines is 2. The Balaban J connectivity index is 2.01. The van der Waals surface area contributed by atoms with E-state index in [2.05, 4.69) is 139 Å². The Hall–Kier alpha value is -1.13. The van der Waals surface area contributed by atoms with Crippen LogP contribution < -0.4 is 20.2 Å². The Labute approximate surface area is 221 Å². The van der Waals surface area contributed by atoms with Crippen LogP contribution in [0.4, 0.5) is 11.4 Å². The molecule has 35 heavy (non-hydrogen) atoms. The number of hydrogen-bond donors (Lipinski definition) is 0. The first-order valence-corrected chi connectivity index (χ1v) is 25.8. The number of benzene rings is 2. The first-order valence-electron chi connectivity index (χ1n) is 13.2. The van der Waals surface area contributed by atoms with Crippen molar-refractivity contribution in [3.05, 3.63) is 48.5 Å². The van der Waals surface area contributed by atoms with E-state index in [9.17, 15) is 0 Å². The maximum absolute atomic E-state index is 7.12. The molecule has 0 unspecified atom stereocenters. The van der Waals surface area contributed by atoms with Gasteiger partial charge in [0, 0.05) is 39.6 Å². The van der Waals surface area contributed by atoms with Crippen LogP contribution in [-0.4, -0.2) is 61.0 Å². The molecule has 2 aromatic carbocycles. The van der Waals surface area contributed by atoms with E-state index < -0.39 is 32.8 Å². The van der Waals surface area contributed by atoms with Gasteiger partial charge in [-0.25, -0.2) is 0 Å². The van der Waals surface area contributed by atoms with Gasteiger partial charge in [-0.05, 0) is 62.5 Å². The van der Waals surface area contributed by atoms with E-state index >= 15 is 0 Å². The molecule has 0 spiro atoms. The minimum absolute atomic E-state index is 1.26. The van der Waals surface area contributed by atoms with Crippen LogP contribution in [0.1, 0.15) is 0 Å². The molecule has 0 heterocycles. The highest BCUT2D eigenvalue weighted by molar-refractivity contribution is 6.93. The highest BCUT2D eigenvalue weighted by atomic mass is 28.4. The van der Waals surface area contributed by atoms with E-state index in [1.165, 1.54) is 35.6 Å². The van der Waals surface area contributed by atoms with Crippen molar-refractivity contribution < 1.29 is 4.12 Å². The molecule has 0 aliphatic carbocycles. The largest absolute Gasteiger partial charge is 0.456 e. The zero-order valence-corrected chi connectivity index (χ0v) is 28.7. The lowest BCUT2D eigenvalue weighted by Crippen LogP contribution is -2.49. The Morgan fingerprint density at radius 1 is 0.543 bits per heavy atom. The van der Waals surface area contributed by atoms with Crippen molar-refractivity contribution in [1.82, 2.24) is 0 Å². The third-order valence-electron chi connectivity index (χ3n) is 7.54. The molecule has 2 rings (SSSR count). The average molecular weight is 545 g/mol. The monoisotopic (exact) mass is 544 g/mol. The van der Waals surface area contributed by atoms with Crippen LogP contribution in [0, 0.1) is 0 Å². The SMILES string of the molecule is CN(C)c1cccc([Si](C)(C)CC[Si](C)(C)O[Si](C)(C)CC[Si](C)(C)c2cccc(N(C)C)c2)c1. The molecule has 0 atom stereocenters. The lowest BCUT2D eigenvalue weighted by molar-refractivity contribution is 0.541. The van der Waals surface area contributed by atoms with E-state index in [1.54, 1.807) is 10.4 Å². The smallest absolute Gasteiger partial charge is 0.173 e. The molecule has 0 aliphatic rings. The summed E-state index contributed by atoms with van der Waals surface area (Å²) in [6, 6.07) is 23.6. The van der Waals surface area contributed by atoms with Gasteiger partial charge in [0.25, 0.3) is 0 Å². The van der Waals surface area contributed by atoms with E-state index in [1.807, 2.05) is 0 Å². The summed E-state index contributed by atoms with van der Waals surface area (Å²) in [5.41, 5.74) is 2.62. The van der Waals surface area contributed by atoms with E-state index in [0.29, 0.717) is 0 Å². The summed E-state index contributed by atoms with van der Waals surface area (Å²) in [5, 5.41) is 3.13. The first kappa shape index (κ1) is 30.1. The molecule has 0 N–H and O–H groups in total. The topological polar surface area (TPSA) is 15.7 Å². The summed E-state index contributed by atoms with van der Waals surface area (Å²) in [5.74, 6) is 0. The standard InChI is InChI=1S/C28H52N2OSi4/c1-29(2)25-15-13-17-27(23-25)32(5,6)19-21-34(9,10)31-35(11,12)22-20-33(7,8)28-18-14-16-26(24-28)30(3)4/h13-18,23-24H,19-22H2,1-12H3. The average Bonchev–Trinajstić information content (AvgIpc) is 2.76. The van der Waals surface area contributed by atoms with Gasteiger partial charge in [0.2, 0.25) is 0 Å². The van der Waals surface area contributed by atoms with Gasteiger partial charge in [-0.2, -0.15) is 0 Å². The Morgan fingerprint density at radius 2 is 0.886 bits per heavy atom. The second kappa shape index (κ2) is 11.5. The minimum Gasteiger partial charge on any atom is -0.456 e. The van der Waals surface area contributed by atoms with Gasteiger partial charge in [0.15, 0.2) is 16.6 Å². The van der Waals surface area contributed by atoms with Gasteiger partial charge in [-0.3, -0.25) is 0 Å². The molecule has 0 bridgehead atoms. The number of hydrogen-bond acceptors (Lipinski definition) is 3. The third kappa shape index (κ3) is 9.04. The number of nitrogens with zero attached hydrogens (tertiary/aromatic N) is 2. The summed E-state index contributed by atoms with van der Waals surface area (Å²) in [4.78, 5) is 4.43. The van der Waals surface area contributed by atoms with Gasteiger partial charge in [-0.15, -0.1) is 0 Å². The van der Waals surface area contributed by atoms with Crippen molar-refractivity contribution in [2.24, 2.45) is 0 Å². The Bertz CT molecular complexity index is 893. The second-order valence-corrected chi connectivity index (χ2v) is 31.8. The Morgan fingerprint density at radius 3 is 1.20 bits per heavy atom. The first-order chi connectivity index (χ1) is 15.9. The van der Waals surface area contributed by atoms with Gasteiger partial charge in [0.05, 0.1) is 16.1 Å². The van der Waals surface area contributed by atoms with Crippen molar-refractivity contribution in [2.75, 3.05) is 38.0 Å². The zero-order chi connectivity index (χ0) is 26.7. The van der Waals surface area contributed by atoms with Gasteiger partial charge < -0.3 is 13.9 Å². The second-order valence-electron chi connectivity index (χ2n) is 13.3. The summed E-state index contributed by atoms with van der Waals surface area (Å²) in [7, 11) is 2.08. The predicted octanol–water partition coefficient (Wildman–Crippen LogP) is 6.78. The van der Waals surface area contributed by atoms with Crippen LogP contribution in [-0.2, 0) is 4.12 Å². The van der Waals surface area contributed by atoms with E-state index in [-0.39, 0.29) is 0 Å². The molecular weight excluding hydrogens is 493 g/mol. The van der Waals surface area contributed by atoms with Crippen molar-refractivity contribution in [1.29, 1.82) is 0 Å². The molecule has 0 radical (unpaired) electrons. The fourth-order valence-corrected chi connectivity index (χ4v) is 24.1. The van der Waals surface area contributed by atoms with Crippen LogP contribution in [0.3, 0.4) is 0 Å². The molecule has 0 saturated carbocycles. The molecular formula is C28H52N2OSi4. The molecule has 2 aromatic rings. The highest BCUT2D eigenvalue weighted by Crippen LogP contribution is 2.29. The minimum atomic E-state index is -1.72. The van der Waals surface area contributed by atoms with Gasteiger partial charge in [-0.1, -0.05) is 72.9 Å². The summed E-state index contributed by atoms with van der Waals surface area (Å²) in [6.07, 6.45) is 0. The van der Waals surface area contributed by atoms with Crippen LogP contribution in [0.15, 0.2) is 48.5 Å². The fraction of sp³-hybridized carbons (Fsp3) is 0.571. The Kier molecular flexibility index (Phi) is 9.89. The maximum atomic E-state index is 7.12. The molecule has 0 amide bonds. The summed E-state index contributed by atoms with van der Waals surface area (Å²) in [6.45, 7) is 20.0. The van der Waals surface area contributed by atoms with Crippen molar-refractivity contribution in [3.8, 4) is 0 Å². The zero-order valence-electron chi connectivity index (χ0n) is 24.7. The molecule has 3 nitrogen and oxygen atoms in total. The number of rotatable bonds is 12. The fourth-order valence-electron chi connectivity index (χ4n) is 4.78. The molecule has 0 fully saturated rings. The summed E-state index contributed by atoms with van der Waals surface area (Å²) >= 11 is 0. The van der Waals surface area contributed by atoms with E-state index in [4.69, 9.17) is 4.12 Å². The lowest BCUT2D eigenvalue weighted by atomic mass is 10.3.